The lowest BCUT2D eigenvalue weighted by molar-refractivity contribution is 0.478. The Labute approximate surface area is 84.9 Å². The van der Waals surface area contributed by atoms with Crippen LogP contribution in [0.2, 0.25) is 0 Å². The highest BCUT2D eigenvalue weighted by Gasteiger charge is 2.26. The van der Waals surface area contributed by atoms with E-state index in [1.54, 1.807) is 0 Å². The first-order valence-electron chi connectivity index (χ1n) is 4.71. The van der Waals surface area contributed by atoms with Gasteiger partial charge in [0, 0.05) is 12.4 Å². The number of halogens is 1. The molecule has 1 fully saturated rings. The SMILES string of the molecule is O=S(=O)(NCCCl)C1CCCCC1. The van der Waals surface area contributed by atoms with Crippen molar-refractivity contribution in [3.8, 4) is 0 Å². The minimum atomic E-state index is -3.08. The maximum atomic E-state index is 11.6. The second kappa shape index (κ2) is 5.17. The van der Waals surface area contributed by atoms with Gasteiger partial charge < -0.3 is 0 Å². The van der Waals surface area contributed by atoms with Crippen molar-refractivity contribution in [1.29, 1.82) is 0 Å². The number of sulfonamides is 1. The number of rotatable bonds is 4. The lowest BCUT2D eigenvalue weighted by Gasteiger charge is -2.21. The zero-order valence-electron chi connectivity index (χ0n) is 7.63. The van der Waals surface area contributed by atoms with Crippen LogP contribution in [0.5, 0.6) is 0 Å². The molecule has 0 atom stereocenters. The van der Waals surface area contributed by atoms with Crippen LogP contribution in [0.3, 0.4) is 0 Å². The predicted molar refractivity (Wildman–Crippen MR) is 54.5 cm³/mol. The Kier molecular flexibility index (Phi) is 4.49. The molecule has 0 bridgehead atoms. The molecule has 13 heavy (non-hydrogen) atoms. The molecule has 0 aromatic heterocycles. The fourth-order valence-corrected chi connectivity index (χ4v) is 3.46. The summed E-state index contributed by atoms with van der Waals surface area (Å²) in [5, 5.41) is -0.176. The molecule has 0 heterocycles. The number of hydrogen-bond acceptors (Lipinski definition) is 2. The van der Waals surface area contributed by atoms with Gasteiger partial charge in [0.1, 0.15) is 0 Å². The molecule has 78 valence electrons. The van der Waals surface area contributed by atoms with Gasteiger partial charge in [-0.05, 0) is 12.8 Å². The quantitative estimate of drug-likeness (QED) is 0.737. The first kappa shape index (κ1) is 11.3. The zero-order chi connectivity index (χ0) is 9.73. The third-order valence-corrected chi connectivity index (χ3v) is 4.53. The van der Waals surface area contributed by atoms with Crippen molar-refractivity contribution in [2.75, 3.05) is 12.4 Å². The molecule has 0 spiro atoms. The summed E-state index contributed by atoms with van der Waals surface area (Å²) in [5.41, 5.74) is 0. The van der Waals surface area contributed by atoms with Gasteiger partial charge in [-0.3, -0.25) is 0 Å². The Balaban J connectivity index is 2.47. The molecule has 0 aromatic carbocycles. The van der Waals surface area contributed by atoms with E-state index in [1.807, 2.05) is 0 Å². The van der Waals surface area contributed by atoms with E-state index in [0.29, 0.717) is 12.4 Å². The van der Waals surface area contributed by atoms with Gasteiger partial charge in [0.15, 0.2) is 0 Å². The van der Waals surface area contributed by atoms with Crippen LogP contribution in [0, 0.1) is 0 Å². The molecule has 1 aliphatic carbocycles. The maximum Gasteiger partial charge on any atom is 0.214 e. The topological polar surface area (TPSA) is 46.2 Å². The van der Waals surface area contributed by atoms with Crippen molar-refractivity contribution in [2.24, 2.45) is 0 Å². The summed E-state index contributed by atoms with van der Waals surface area (Å²) in [7, 11) is -3.08. The fourth-order valence-electron chi connectivity index (χ4n) is 1.67. The molecular weight excluding hydrogens is 210 g/mol. The lowest BCUT2D eigenvalue weighted by atomic mass is 10.0. The molecule has 1 rings (SSSR count). The monoisotopic (exact) mass is 225 g/mol. The second-order valence-electron chi connectivity index (χ2n) is 3.39. The maximum absolute atomic E-state index is 11.6. The van der Waals surface area contributed by atoms with Crippen molar-refractivity contribution in [2.45, 2.75) is 37.4 Å². The molecule has 0 radical (unpaired) electrons. The molecule has 1 aliphatic rings. The molecule has 0 amide bonds. The highest BCUT2D eigenvalue weighted by atomic mass is 35.5. The van der Waals surface area contributed by atoms with Crippen molar-refractivity contribution < 1.29 is 8.42 Å². The van der Waals surface area contributed by atoms with E-state index in [-0.39, 0.29) is 5.25 Å². The lowest BCUT2D eigenvalue weighted by Crippen LogP contribution is -2.36. The van der Waals surface area contributed by atoms with Crippen molar-refractivity contribution in [1.82, 2.24) is 4.72 Å². The van der Waals surface area contributed by atoms with E-state index in [0.717, 1.165) is 25.7 Å². The van der Waals surface area contributed by atoms with Crippen molar-refractivity contribution in [3.63, 3.8) is 0 Å². The average molecular weight is 226 g/mol. The first-order valence-corrected chi connectivity index (χ1v) is 6.79. The second-order valence-corrected chi connectivity index (χ2v) is 5.81. The van der Waals surface area contributed by atoms with E-state index in [2.05, 4.69) is 4.72 Å². The molecule has 5 heteroatoms. The normalized spacial score (nSPS) is 20.4. The zero-order valence-corrected chi connectivity index (χ0v) is 9.20. The molecule has 3 nitrogen and oxygen atoms in total. The van der Waals surface area contributed by atoms with Gasteiger partial charge in [-0.15, -0.1) is 11.6 Å². The first-order chi connectivity index (χ1) is 6.17. The molecule has 0 aliphatic heterocycles. The third-order valence-electron chi connectivity index (χ3n) is 2.39. The average Bonchev–Trinajstić information content (AvgIpc) is 2.16. The number of nitrogens with one attached hydrogen (secondary N) is 1. The van der Waals surface area contributed by atoms with E-state index in [4.69, 9.17) is 11.6 Å². The Morgan fingerprint density at radius 3 is 2.38 bits per heavy atom. The summed E-state index contributed by atoms with van der Waals surface area (Å²) in [5.74, 6) is 0.339. The Morgan fingerprint density at radius 2 is 1.85 bits per heavy atom. The van der Waals surface area contributed by atoms with E-state index < -0.39 is 10.0 Å². The van der Waals surface area contributed by atoms with Crippen LogP contribution in [-0.4, -0.2) is 26.1 Å². The molecule has 1 saturated carbocycles. The van der Waals surface area contributed by atoms with Gasteiger partial charge >= 0.3 is 0 Å². The molecule has 0 unspecified atom stereocenters. The smallest absolute Gasteiger partial charge is 0.214 e. The minimum Gasteiger partial charge on any atom is -0.214 e. The van der Waals surface area contributed by atoms with E-state index in [9.17, 15) is 8.42 Å². The molecule has 0 saturated heterocycles. The fraction of sp³-hybridized carbons (Fsp3) is 1.00. The van der Waals surface area contributed by atoms with Gasteiger partial charge in [-0.2, -0.15) is 0 Å². The van der Waals surface area contributed by atoms with Crippen molar-refractivity contribution >= 4 is 21.6 Å². The molecule has 1 N–H and O–H groups in total. The summed E-state index contributed by atoms with van der Waals surface area (Å²) in [6.45, 7) is 0.348. The molecular formula is C8H16ClNO2S. The minimum absolute atomic E-state index is 0.176. The summed E-state index contributed by atoms with van der Waals surface area (Å²) in [6, 6.07) is 0. The Bertz CT molecular complexity index is 235. The number of hydrogen-bond donors (Lipinski definition) is 1. The summed E-state index contributed by atoms with van der Waals surface area (Å²) in [4.78, 5) is 0. The van der Waals surface area contributed by atoms with Gasteiger partial charge in [-0.1, -0.05) is 19.3 Å². The standard InChI is InChI=1S/C8H16ClNO2S/c9-6-7-10-13(11,12)8-4-2-1-3-5-8/h8,10H,1-7H2. The highest BCUT2D eigenvalue weighted by Crippen LogP contribution is 2.22. The summed E-state index contributed by atoms with van der Waals surface area (Å²) < 4.78 is 25.7. The largest absolute Gasteiger partial charge is 0.214 e. The van der Waals surface area contributed by atoms with Crippen LogP contribution >= 0.6 is 11.6 Å². The van der Waals surface area contributed by atoms with Crippen LogP contribution in [0.25, 0.3) is 0 Å². The molecule has 0 aromatic rings. The predicted octanol–water partition coefficient (Wildman–Crippen LogP) is 1.48. The Morgan fingerprint density at radius 1 is 1.23 bits per heavy atom. The summed E-state index contributed by atoms with van der Waals surface area (Å²) in [6.07, 6.45) is 4.84. The van der Waals surface area contributed by atoms with Crippen molar-refractivity contribution in [3.05, 3.63) is 0 Å². The highest BCUT2D eigenvalue weighted by molar-refractivity contribution is 7.90. The number of alkyl halides is 1. The van der Waals surface area contributed by atoms with Crippen LogP contribution < -0.4 is 4.72 Å². The van der Waals surface area contributed by atoms with Gasteiger partial charge in [-0.25, -0.2) is 13.1 Å². The van der Waals surface area contributed by atoms with Gasteiger partial charge in [0.2, 0.25) is 10.0 Å². The van der Waals surface area contributed by atoms with Crippen LogP contribution in [0.1, 0.15) is 32.1 Å². The van der Waals surface area contributed by atoms with E-state index >= 15 is 0 Å². The Hall–Kier alpha value is 0.200. The van der Waals surface area contributed by atoms with Crippen LogP contribution in [0.4, 0.5) is 0 Å². The summed E-state index contributed by atoms with van der Waals surface area (Å²) >= 11 is 5.42. The van der Waals surface area contributed by atoms with E-state index in [1.165, 1.54) is 6.42 Å². The third kappa shape index (κ3) is 3.44. The van der Waals surface area contributed by atoms with Crippen LogP contribution in [-0.2, 0) is 10.0 Å². The van der Waals surface area contributed by atoms with Gasteiger partial charge in [0.25, 0.3) is 0 Å². The van der Waals surface area contributed by atoms with Crippen LogP contribution in [0.15, 0.2) is 0 Å². The van der Waals surface area contributed by atoms with Gasteiger partial charge in [0.05, 0.1) is 5.25 Å².